The zero-order valence-corrected chi connectivity index (χ0v) is 15.2. The number of hydrogen-bond donors (Lipinski definition) is 0. The fourth-order valence-electron chi connectivity index (χ4n) is 2.78. The van der Waals surface area contributed by atoms with Crippen molar-refractivity contribution in [3.8, 4) is 23.0 Å². The van der Waals surface area contributed by atoms with Gasteiger partial charge in [0, 0.05) is 17.8 Å². The Balaban J connectivity index is 1.63. The summed E-state index contributed by atoms with van der Waals surface area (Å²) in [6, 6.07) is 16.6. The zero-order chi connectivity index (χ0) is 20.4. The first-order valence-electron chi connectivity index (χ1n) is 8.58. The molecule has 0 aliphatic heterocycles. The second-order valence-electron chi connectivity index (χ2n) is 6.11. The summed E-state index contributed by atoms with van der Waals surface area (Å²) in [6.07, 6.45) is 1.31. The van der Waals surface area contributed by atoms with E-state index in [9.17, 15) is 15.2 Å². The molecule has 8 heteroatoms. The zero-order valence-electron chi connectivity index (χ0n) is 15.2. The van der Waals surface area contributed by atoms with E-state index < -0.39 is 16.4 Å². The third-order valence-corrected chi connectivity index (χ3v) is 4.28. The van der Waals surface area contributed by atoms with Crippen molar-refractivity contribution >= 4 is 28.7 Å². The molecule has 1 heterocycles. The van der Waals surface area contributed by atoms with Crippen molar-refractivity contribution < 1.29 is 19.2 Å². The molecule has 0 unspecified atom stereocenters. The van der Waals surface area contributed by atoms with Crippen LogP contribution >= 0.6 is 0 Å². The van der Waals surface area contributed by atoms with Gasteiger partial charge in [-0.15, -0.1) is 0 Å². The Morgan fingerprint density at radius 2 is 1.93 bits per heavy atom. The van der Waals surface area contributed by atoms with E-state index in [0.717, 1.165) is 11.3 Å². The number of rotatable bonds is 5. The van der Waals surface area contributed by atoms with Crippen LogP contribution < -0.4 is 9.84 Å². The maximum Gasteiger partial charge on any atom is 0.262 e. The van der Waals surface area contributed by atoms with E-state index in [1.165, 1.54) is 24.4 Å². The van der Waals surface area contributed by atoms with Crippen LogP contribution in [-0.2, 0) is 0 Å². The van der Waals surface area contributed by atoms with Gasteiger partial charge in [-0.2, -0.15) is 0 Å². The van der Waals surface area contributed by atoms with E-state index in [1.807, 2.05) is 24.3 Å². The van der Waals surface area contributed by atoms with Gasteiger partial charge < -0.3 is 14.3 Å². The summed E-state index contributed by atoms with van der Waals surface area (Å²) in [5.74, 6) is 0.523. The summed E-state index contributed by atoms with van der Waals surface area (Å²) in [5.41, 5.74) is 2.20. The lowest BCUT2D eigenvalue weighted by Crippen LogP contribution is -2.01. The van der Waals surface area contributed by atoms with Crippen LogP contribution in [0.15, 0.2) is 70.1 Å². The van der Waals surface area contributed by atoms with Crippen LogP contribution in [0.4, 0.5) is 11.4 Å². The third-order valence-electron chi connectivity index (χ3n) is 4.28. The first-order chi connectivity index (χ1) is 14.0. The van der Waals surface area contributed by atoms with Gasteiger partial charge in [0.25, 0.3) is 5.69 Å². The first-order valence-corrected chi connectivity index (χ1v) is 8.58. The number of hydrogen-bond acceptors (Lipinski definition) is 7. The van der Waals surface area contributed by atoms with Gasteiger partial charge in [-0.3, -0.25) is 15.1 Å². The molecule has 144 valence electrons. The summed E-state index contributed by atoms with van der Waals surface area (Å²) in [6.45, 7) is 0. The Morgan fingerprint density at radius 1 is 1.14 bits per heavy atom. The van der Waals surface area contributed by atoms with Crippen LogP contribution in [0.3, 0.4) is 0 Å². The molecule has 3 aromatic carbocycles. The lowest BCUT2D eigenvalue weighted by atomic mass is 10.2. The fraction of sp³-hybridized carbons (Fsp3) is 0.0476. The van der Waals surface area contributed by atoms with Crippen LogP contribution in [0.2, 0.25) is 0 Å². The van der Waals surface area contributed by atoms with Crippen LogP contribution in [-0.4, -0.2) is 23.2 Å². The number of nitrogens with zero attached hydrogens (tertiary/aromatic N) is 3. The number of nitro groups is 1. The van der Waals surface area contributed by atoms with Crippen molar-refractivity contribution in [2.75, 3.05) is 7.11 Å². The molecule has 0 N–H and O–H groups in total. The maximum absolute atomic E-state index is 12.1. The third kappa shape index (κ3) is 3.63. The molecule has 0 aliphatic carbocycles. The monoisotopic (exact) mass is 388 g/mol. The number of methoxy groups -OCH3 is 1. The molecule has 1 aromatic heterocycles. The Bertz CT molecular complexity index is 1230. The van der Waals surface area contributed by atoms with Crippen LogP contribution in [0.25, 0.3) is 22.6 Å². The van der Waals surface area contributed by atoms with Crippen molar-refractivity contribution in [3.63, 3.8) is 0 Å². The second kappa shape index (κ2) is 7.43. The van der Waals surface area contributed by atoms with Crippen LogP contribution in [0, 0.1) is 10.1 Å². The van der Waals surface area contributed by atoms with Crippen molar-refractivity contribution in [3.05, 3.63) is 76.3 Å². The molecular formula is C21H14N3O5-. The standard InChI is InChI=1S/C21H15N3O5/c1-28-16-8-5-13(6-9-16)21-23-17-11-15(7-10-19(17)29-21)22-12-14-3-2-4-18(20(14)25)24(26)27/h2-12,25H,1H3/p-1. The first kappa shape index (κ1) is 18.2. The smallest absolute Gasteiger partial charge is 0.262 e. The Kier molecular flexibility index (Phi) is 4.66. The largest absolute Gasteiger partial charge is 0.867 e. The number of aliphatic imine (C=N–C) groups is 1. The highest BCUT2D eigenvalue weighted by atomic mass is 16.6. The highest BCUT2D eigenvalue weighted by Gasteiger charge is 2.10. The van der Waals surface area contributed by atoms with Crippen molar-refractivity contribution in [1.29, 1.82) is 0 Å². The lowest BCUT2D eigenvalue weighted by Gasteiger charge is -2.09. The van der Waals surface area contributed by atoms with E-state index in [-0.39, 0.29) is 5.56 Å². The van der Waals surface area contributed by atoms with E-state index in [1.54, 1.807) is 25.3 Å². The van der Waals surface area contributed by atoms with Crippen molar-refractivity contribution in [1.82, 2.24) is 4.98 Å². The Hall–Kier alpha value is -4.20. The van der Waals surface area contributed by atoms with Crippen LogP contribution in [0.1, 0.15) is 5.56 Å². The molecule has 0 aliphatic rings. The minimum atomic E-state index is -0.707. The minimum Gasteiger partial charge on any atom is -0.867 e. The van der Waals surface area contributed by atoms with Crippen LogP contribution in [0.5, 0.6) is 11.5 Å². The second-order valence-corrected chi connectivity index (χ2v) is 6.11. The van der Waals surface area contributed by atoms with Gasteiger partial charge in [0.2, 0.25) is 5.89 Å². The maximum atomic E-state index is 12.1. The quantitative estimate of drug-likeness (QED) is 0.287. The molecular weight excluding hydrogens is 374 g/mol. The lowest BCUT2D eigenvalue weighted by molar-refractivity contribution is -0.398. The van der Waals surface area contributed by atoms with E-state index >= 15 is 0 Å². The Morgan fingerprint density at radius 3 is 2.66 bits per heavy atom. The van der Waals surface area contributed by atoms with Crippen molar-refractivity contribution in [2.45, 2.75) is 0 Å². The number of para-hydroxylation sites is 1. The number of oxazole rings is 1. The average Bonchev–Trinajstić information content (AvgIpc) is 3.16. The van der Waals surface area contributed by atoms with Gasteiger partial charge in [-0.1, -0.05) is 12.1 Å². The number of ether oxygens (including phenoxy) is 1. The molecule has 0 fully saturated rings. The highest BCUT2D eigenvalue weighted by molar-refractivity contribution is 5.88. The molecule has 29 heavy (non-hydrogen) atoms. The molecule has 0 atom stereocenters. The van der Waals surface area contributed by atoms with E-state index in [0.29, 0.717) is 22.7 Å². The molecule has 0 saturated carbocycles. The number of fused-ring (bicyclic) bond motifs is 1. The summed E-state index contributed by atoms with van der Waals surface area (Å²) in [4.78, 5) is 18.9. The predicted octanol–water partition coefficient (Wildman–Crippen LogP) is 4.24. The molecule has 4 aromatic rings. The summed E-state index contributed by atoms with van der Waals surface area (Å²) < 4.78 is 10.9. The van der Waals surface area contributed by atoms with E-state index in [2.05, 4.69) is 9.98 Å². The minimum absolute atomic E-state index is 0.137. The Labute approximate surface area is 164 Å². The van der Waals surface area contributed by atoms with Gasteiger partial charge in [0.1, 0.15) is 11.3 Å². The van der Waals surface area contributed by atoms with Gasteiger partial charge in [-0.05, 0) is 53.8 Å². The van der Waals surface area contributed by atoms with Gasteiger partial charge >= 0.3 is 0 Å². The van der Waals surface area contributed by atoms with Gasteiger partial charge in [0.15, 0.2) is 5.58 Å². The molecule has 4 rings (SSSR count). The number of aromatic nitrogens is 1. The molecule has 0 amide bonds. The fourth-order valence-corrected chi connectivity index (χ4v) is 2.78. The summed E-state index contributed by atoms with van der Waals surface area (Å²) >= 11 is 0. The highest BCUT2D eigenvalue weighted by Crippen LogP contribution is 2.29. The molecule has 0 radical (unpaired) electrons. The number of nitro benzene ring substituents is 1. The van der Waals surface area contributed by atoms with Gasteiger partial charge in [-0.25, -0.2) is 4.98 Å². The van der Waals surface area contributed by atoms with Gasteiger partial charge in [0.05, 0.1) is 17.7 Å². The molecule has 8 nitrogen and oxygen atoms in total. The summed E-state index contributed by atoms with van der Waals surface area (Å²) in [7, 11) is 1.60. The SMILES string of the molecule is COc1ccc(-c2nc3cc(N=Cc4cccc([N+](=O)[O-])c4[O-])ccc3o2)cc1. The topological polar surface area (TPSA) is 114 Å². The average molecular weight is 388 g/mol. The molecule has 0 bridgehead atoms. The van der Waals surface area contributed by atoms with E-state index in [4.69, 9.17) is 9.15 Å². The normalized spacial score (nSPS) is 11.2. The molecule has 0 saturated heterocycles. The van der Waals surface area contributed by atoms with Crippen molar-refractivity contribution in [2.24, 2.45) is 4.99 Å². The predicted molar refractivity (Wildman–Crippen MR) is 106 cm³/mol. The molecule has 0 spiro atoms. The number of benzene rings is 3. The summed E-state index contributed by atoms with van der Waals surface area (Å²) in [5, 5.41) is 23.0.